The maximum absolute atomic E-state index is 13.1. The van der Waals surface area contributed by atoms with Gasteiger partial charge in [0.1, 0.15) is 0 Å². The fourth-order valence-corrected chi connectivity index (χ4v) is 4.53. The van der Waals surface area contributed by atoms with Crippen molar-refractivity contribution in [3.63, 3.8) is 0 Å². The summed E-state index contributed by atoms with van der Waals surface area (Å²) in [5.74, 6) is 0. The Labute approximate surface area is 167 Å². The predicted octanol–water partition coefficient (Wildman–Crippen LogP) is 5.67. The zero-order valence-electron chi connectivity index (χ0n) is 16.0. The molecule has 0 radical (unpaired) electrons. The summed E-state index contributed by atoms with van der Waals surface area (Å²) >= 11 is 0. The van der Waals surface area contributed by atoms with E-state index in [0.29, 0.717) is 13.2 Å². The Bertz CT molecular complexity index is 747. The lowest BCUT2D eigenvalue weighted by Gasteiger charge is -2.17. The molecule has 2 aromatic carbocycles. The van der Waals surface area contributed by atoms with Gasteiger partial charge in [-0.05, 0) is 47.4 Å². The Hall–Kier alpha value is -1.84. The van der Waals surface area contributed by atoms with Crippen LogP contribution in [0.1, 0.15) is 37.8 Å². The number of rotatable bonds is 8. The van der Waals surface area contributed by atoms with Crippen molar-refractivity contribution in [1.29, 1.82) is 0 Å². The van der Waals surface area contributed by atoms with E-state index in [1.54, 1.807) is 12.1 Å². The minimum absolute atomic E-state index is 0.123. The van der Waals surface area contributed by atoms with Crippen LogP contribution in [0.3, 0.4) is 0 Å². The number of alkyl halides is 6. The van der Waals surface area contributed by atoms with Crippen molar-refractivity contribution < 1.29 is 35.2 Å². The molecule has 0 aromatic heterocycles. The van der Waals surface area contributed by atoms with Gasteiger partial charge in [0, 0.05) is 13.2 Å². The first-order valence-electron chi connectivity index (χ1n) is 9.19. The Balaban J connectivity index is 2.39. The molecule has 0 heterocycles. The molecule has 0 spiro atoms. The Kier molecular flexibility index (Phi) is 7.90. The smallest absolute Gasteiger partial charge is 0.393 e. The van der Waals surface area contributed by atoms with Gasteiger partial charge in [-0.3, -0.25) is 0 Å². The summed E-state index contributed by atoms with van der Waals surface area (Å²) in [6.07, 6.45) is -8.14. The first-order chi connectivity index (χ1) is 13.6. The Morgan fingerprint density at radius 2 is 1.14 bits per heavy atom. The molecular formula is C20H22F6O2Si. The van der Waals surface area contributed by atoms with Crippen LogP contribution in [0.2, 0.25) is 0 Å². The maximum atomic E-state index is 13.1. The topological polar surface area (TPSA) is 18.5 Å². The molecule has 0 fully saturated rings. The van der Waals surface area contributed by atoms with Crippen molar-refractivity contribution in [3.05, 3.63) is 53.6 Å². The zero-order chi connectivity index (χ0) is 21.7. The summed E-state index contributed by atoms with van der Waals surface area (Å²) in [4.78, 5) is 0. The quantitative estimate of drug-likeness (QED) is 0.392. The summed E-state index contributed by atoms with van der Waals surface area (Å²) in [6, 6.07) is 7.85. The van der Waals surface area contributed by atoms with Gasteiger partial charge in [-0.15, -0.1) is 0 Å². The fraction of sp³-hybridized carbons (Fsp3) is 0.400. The molecule has 29 heavy (non-hydrogen) atoms. The SMILES string of the molecule is CCCO[SiH](OCCC)c1ccc(-c2cc(C(F)(F)F)cc(C(F)(F)F)c2)cc1. The Morgan fingerprint density at radius 1 is 0.690 bits per heavy atom. The minimum Gasteiger partial charge on any atom is -0.393 e. The maximum Gasteiger partial charge on any atom is 0.416 e. The van der Waals surface area contributed by atoms with Gasteiger partial charge in [-0.2, -0.15) is 26.3 Å². The number of halogens is 6. The number of hydrogen-bond donors (Lipinski definition) is 0. The van der Waals surface area contributed by atoms with E-state index < -0.39 is 32.8 Å². The van der Waals surface area contributed by atoms with E-state index in [1.165, 1.54) is 12.1 Å². The third-order valence-electron chi connectivity index (χ3n) is 4.05. The van der Waals surface area contributed by atoms with E-state index in [4.69, 9.17) is 8.85 Å². The van der Waals surface area contributed by atoms with Crippen molar-refractivity contribution in [1.82, 2.24) is 0 Å². The van der Waals surface area contributed by atoms with E-state index in [-0.39, 0.29) is 17.2 Å². The molecule has 0 bridgehead atoms. The van der Waals surface area contributed by atoms with Crippen LogP contribution in [-0.2, 0) is 21.2 Å². The molecule has 0 aliphatic heterocycles. The van der Waals surface area contributed by atoms with Crippen LogP contribution in [-0.4, -0.2) is 22.5 Å². The molecule has 0 aliphatic carbocycles. The number of hydrogen-bond acceptors (Lipinski definition) is 2. The first-order valence-corrected chi connectivity index (χ1v) is 10.7. The molecule has 160 valence electrons. The minimum atomic E-state index is -4.88. The number of benzene rings is 2. The van der Waals surface area contributed by atoms with Gasteiger partial charge >= 0.3 is 21.6 Å². The second kappa shape index (κ2) is 9.77. The van der Waals surface area contributed by atoms with E-state index in [1.807, 2.05) is 13.8 Å². The fourth-order valence-electron chi connectivity index (χ4n) is 2.64. The van der Waals surface area contributed by atoms with E-state index in [9.17, 15) is 26.3 Å². The van der Waals surface area contributed by atoms with Crippen LogP contribution in [0.5, 0.6) is 0 Å². The second-order valence-corrected chi connectivity index (χ2v) is 8.49. The van der Waals surface area contributed by atoms with Crippen LogP contribution in [0.25, 0.3) is 11.1 Å². The van der Waals surface area contributed by atoms with Gasteiger partial charge in [0.2, 0.25) is 0 Å². The van der Waals surface area contributed by atoms with E-state index >= 15 is 0 Å². The normalized spacial score (nSPS) is 12.6. The highest BCUT2D eigenvalue weighted by molar-refractivity contribution is 6.61. The first kappa shape index (κ1) is 23.4. The van der Waals surface area contributed by atoms with Crippen LogP contribution < -0.4 is 5.19 Å². The highest BCUT2D eigenvalue weighted by Crippen LogP contribution is 2.38. The van der Waals surface area contributed by atoms with Gasteiger partial charge in [0.05, 0.1) is 11.1 Å². The van der Waals surface area contributed by atoms with Crippen molar-refractivity contribution >= 4 is 14.5 Å². The van der Waals surface area contributed by atoms with Gasteiger partial charge in [0.25, 0.3) is 0 Å². The molecule has 0 aliphatic rings. The van der Waals surface area contributed by atoms with Crippen LogP contribution in [0.15, 0.2) is 42.5 Å². The third kappa shape index (κ3) is 6.58. The monoisotopic (exact) mass is 436 g/mol. The predicted molar refractivity (Wildman–Crippen MR) is 101 cm³/mol. The second-order valence-electron chi connectivity index (χ2n) is 6.49. The molecule has 0 saturated heterocycles. The van der Waals surface area contributed by atoms with Crippen LogP contribution in [0.4, 0.5) is 26.3 Å². The average Bonchev–Trinajstić information content (AvgIpc) is 2.66. The molecule has 9 heteroatoms. The van der Waals surface area contributed by atoms with Crippen molar-refractivity contribution in [2.24, 2.45) is 0 Å². The largest absolute Gasteiger partial charge is 0.416 e. The van der Waals surface area contributed by atoms with Gasteiger partial charge in [0.15, 0.2) is 0 Å². The van der Waals surface area contributed by atoms with Gasteiger partial charge in [-0.25, -0.2) is 0 Å². The van der Waals surface area contributed by atoms with Gasteiger partial charge in [-0.1, -0.05) is 38.1 Å². The van der Waals surface area contributed by atoms with Crippen molar-refractivity contribution in [2.75, 3.05) is 13.2 Å². The molecular weight excluding hydrogens is 414 g/mol. The summed E-state index contributed by atoms with van der Waals surface area (Å²) in [5, 5.41) is 0.777. The third-order valence-corrected chi connectivity index (χ3v) is 6.06. The molecule has 2 aromatic rings. The van der Waals surface area contributed by atoms with Crippen molar-refractivity contribution in [2.45, 2.75) is 39.0 Å². The molecule has 2 rings (SSSR count). The molecule has 0 saturated carbocycles. The summed E-state index contributed by atoms with van der Waals surface area (Å²) < 4.78 is 89.9. The lowest BCUT2D eigenvalue weighted by molar-refractivity contribution is -0.143. The highest BCUT2D eigenvalue weighted by Gasteiger charge is 2.37. The van der Waals surface area contributed by atoms with E-state index in [0.717, 1.165) is 30.2 Å². The standard InChI is InChI=1S/C20H22F6O2Si/c1-3-9-27-29(28-10-4-2)18-7-5-14(6-8-18)15-11-16(19(21,22)23)13-17(12-15)20(24,25)26/h5-8,11-13,29H,3-4,9-10H2,1-2H3. The van der Waals surface area contributed by atoms with Crippen LogP contribution in [0, 0.1) is 0 Å². The lowest BCUT2D eigenvalue weighted by Crippen LogP contribution is -2.37. The molecule has 2 nitrogen and oxygen atoms in total. The van der Waals surface area contributed by atoms with Crippen molar-refractivity contribution in [3.8, 4) is 11.1 Å². The zero-order valence-corrected chi connectivity index (χ0v) is 17.2. The molecule has 0 unspecified atom stereocenters. The molecule has 0 atom stereocenters. The average molecular weight is 436 g/mol. The molecule has 0 amide bonds. The lowest BCUT2D eigenvalue weighted by atomic mass is 9.99. The summed E-state index contributed by atoms with van der Waals surface area (Å²) in [6.45, 7) is 4.95. The van der Waals surface area contributed by atoms with Gasteiger partial charge < -0.3 is 8.85 Å². The highest BCUT2D eigenvalue weighted by atomic mass is 28.3. The Morgan fingerprint density at radius 3 is 1.52 bits per heavy atom. The summed E-state index contributed by atoms with van der Waals surface area (Å²) in [7, 11) is -2.18. The summed E-state index contributed by atoms with van der Waals surface area (Å²) in [5.41, 5.74) is -2.57. The van der Waals surface area contributed by atoms with E-state index in [2.05, 4.69) is 0 Å². The molecule has 0 N–H and O–H groups in total. The van der Waals surface area contributed by atoms with Crippen LogP contribution >= 0.6 is 0 Å².